The first kappa shape index (κ1) is 10.9. The lowest BCUT2D eigenvalue weighted by Gasteiger charge is -2.18. The fraction of sp³-hybridized carbons (Fsp3) is 0.556. The van der Waals surface area contributed by atoms with Crippen molar-refractivity contribution in [2.45, 2.75) is 6.17 Å². The Labute approximate surface area is 82.7 Å². The van der Waals surface area contributed by atoms with Gasteiger partial charge in [-0.05, 0) is 0 Å². The van der Waals surface area contributed by atoms with Crippen LogP contribution in [0.5, 0.6) is 0 Å². The predicted molar refractivity (Wildman–Crippen MR) is 50.6 cm³/mol. The number of nitrogens with zero attached hydrogens (tertiary/aromatic N) is 1. The molecule has 0 aromatic carbocycles. The summed E-state index contributed by atoms with van der Waals surface area (Å²) in [6.07, 6.45) is 1.74. The van der Waals surface area contributed by atoms with Crippen molar-refractivity contribution in [1.29, 1.82) is 0 Å². The summed E-state index contributed by atoms with van der Waals surface area (Å²) in [6, 6.07) is 0. The lowest BCUT2D eigenvalue weighted by Crippen LogP contribution is -2.39. The summed E-state index contributed by atoms with van der Waals surface area (Å²) < 4.78 is 4.80. The summed E-state index contributed by atoms with van der Waals surface area (Å²) in [5.74, 6) is -0.431. The van der Waals surface area contributed by atoms with Crippen molar-refractivity contribution in [2.24, 2.45) is 0 Å². The molecule has 0 bridgehead atoms. The van der Waals surface area contributed by atoms with E-state index in [1.165, 1.54) is 0 Å². The number of ether oxygens (including phenoxy) is 1. The van der Waals surface area contributed by atoms with E-state index < -0.39 is 5.97 Å². The van der Waals surface area contributed by atoms with Gasteiger partial charge >= 0.3 is 5.97 Å². The quantitative estimate of drug-likeness (QED) is 0.354. The fourth-order valence-electron chi connectivity index (χ4n) is 1.33. The van der Waals surface area contributed by atoms with Crippen LogP contribution in [-0.4, -0.2) is 49.6 Å². The molecule has 1 aliphatic rings. The van der Waals surface area contributed by atoms with Crippen LogP contribution in [0.15, 0.2) is 12.7 Å². The third-order valence-electron chi connectivity index (χ3n) is 2.06. The van der Waals surface area contributed by atoms with E-state index in [-0.39, 0.29) is 12.8 Å². The van der Waals surface area contributed by atoms with Gasteiger partial charge in [-0.2, -0.15) is 0 Å². The van der Waals surface area contributed by atoms with Crippen LogP contribution in [0.1, 0.15) is 0 Å². The topological polar surface area (TPSA) is 58.6 Å². The summed E-state index contributed by atoms with van der Waals surface area (Å²) in [7, 11) is 0. The minimum Gasteiger partial charge on any atom is -0.461 e. The number of hydrogen-bond donors (Lipinski definition) is 1. The van der Waals surface area contributed by atoms with Gasteiger partial charge in [0, 0.05) is 25.7 Å². The number of esters is 1. The van der Waals surface area contributed by atoms with E-state index in [9.17, 15) is 9.59 Å². The van der Waals surface area contributed by atoms with Gasteiger partial charge in [0.2, 0.25) is 0 Å². The molecule has 0 saturated carbocycles. The molecule has 1 aliphatic heterocycles. The number of aldehydes is 1. The number of carbonyl (C=O) groups is 2. The largest absolute Gasteiger partial charge is 0.461 e. The van der Waals surface area contributed by atoms with Crippen LogP contribution in [0.3, 0.4) is 0 Å². The van der Waals surface area contributed by atoms with Crippen molar-refractivity contribution in [3.05, 3.63) is 12.7 Å². The molecule has 0 aromatic heterocycles. The lowest BCUT2D eigenvalue weighted by atomic mass is 10.4. The molecule has 1 rings (SSSR count). The second-order valence-corrected chi connectivity index (χ2v) is 2.94. The number of nitrogens with one attached hydrogen (secondary N) is 1. The Balaban J connectivity index is 2.20. The van der Waals surface area contributed by atoms with Gasteiger partial charge in [0.1, 0.15) is 12.8 Å². The van der Waals surface area contributed by atoms with Crippen molar-refractivity contribution in [2.75, 3.05) is 26.2 Å². The minimum atomic E-state index is -0.431. The molecular formula is C9H14N2O3. The SMILES string of the molecule is C=CC(=O)OCCN1CCNC1C=O. The van der Waals surface area contributed by atoms with E-state index in [1.807, 2.05) is 4.90 Å². The number of hydrogen-bond acceptors (Lipinski definition) is 5. The van der Waals surface area contributed by atoms with E-state index in [4.69, 9.17) is 4.74 Å². The monoisotopic (exact) mass is 198 g/mol. The first-order valence-electron chi connectivity index (χ1n) is 4.50. The van der Waals surface area contributed by atoms with Gasteiger partial charge in [0.05, 0.1) is 0 Å². The van der Waals surface area contributed by atoms with Crippen molar-refractivity contribution >= 4 is 12.3 Å². The van der Waals surface area contributed by atoms with Crippen molar-refractivity contribution < 1.29 is 14.3 Å². The first-order valence-corrected chi connectivity index (χ1v) is 4.50. The minimum absolute atomic E-state index is 0.238. The Kier molecular flexibility index (Phi) is 4.28. The van der Waals surface area contributed by atoms with Crippen LogP contribution in [0.2, 0.25) is 0 Å². The molecule has 0 aromatic rings. The Morgan fingerprint density at radius 1 is 1.71 bits per heavy atom. The van der Waals surface area contributed by atoms with E-state index in [1.54, 1.807) is 0 Å². The van der Waals surface area contributed by atoms with Gasteiger partial charge in [-0.15, -0.1) is 0 Å². The van der Waals surface area contributed by atoms with E-state index in [2.05, 4.69) is 11.9 Å². The molecule has 1 N–H and O–H groups in total. The molecule has 1 atom stereocenters. The Hall–Kier alpha value is -1.20. The Morgan fingerprint density at radius 2 is 2.50 bits per heavy atom. The van der Waals surface area contributed by atoms with E-state index in [0.717, 1.165) is 25.5 Å². The Morgan fingerprint density at radius 3 is 3.14 bits per heavy atom. The number of rotatable bonds is 5. The molecule has 5 nitrogen and oxygen atoms in total. The average Bonchev–Trinajstić information content (AvgIpc) is 2.65. The van der Waals surface area contributed by atoms with Crippen LogP contribution < -0.4 is 5.32 Å². The zero-order chi connectivity index (χ0) is 10.4. The summed E-state index contributed by atoms with van der Waals surface area (Å²) in [5.41, 5.74) is 0. The van der Waals surface area contributed by atoms with Crippen LogP contribution in [0, 0.1) is 0 Å². The maximum atomic E-state index is 10.7. The molecule has 0 aliphatic carbocycles. The number of carbonyl (C=O) groups excluding carboxylic acids is 2. The summed E-state index contributed by atoms with van der Waals surface area (Å²) in [5, 5.41) is 3.01. The predicted octanol–water partition coefficient (Wildman–Crippen LogP) is -0.854. The van der Waals surface area contributed by atoms with Crippen molar-refractivity contribution in [3.63, 3.8) is 0 Å². The smallest absolute Gasteiger partial charge is 0.330 e. The second-order valence-electron chi connectivity index (χ2n) is 2.94. The molecule has 14 heavy (non-hydrogen) atoms. The van der Waals surface area contributed by atoms with Gasteiger partial charge in [-0.1, -0.05) is 6.58 Å². The highest BCUT2D eigenvalue weighted by Gasteiger charge is 2.22. The van der Waals surface area contributed by atoms with Crippen LogP contribution in [0.4, 0.5) is 0 Å². The Bertz CT molecular complexity index is 230. The highest BCUT2D eigenvalue weighted by Crippen LogP contribution is 1.99. The zero-order valence-corrected chi connectivity index (χ0v) is 7.94. The second kappa shape index (κ2) is 5.51. The van der Waals surface area contributed by atoms with Crippen LogP contribution in [0.25, 0.3) is 0 Å². The van der Waals surface area contributed by atoms with Crippen LogP contribution in [-0.2, 0) is 14.3 Å². The molecule has 0 amide bonds. The molecule has 5 heteroatoms. The van der Waals surface area contributed by atoms with E-state index >= 15 is 0 Å². The van der Waals surface area contributed by atoms with Crippen molar-refractivity contribution in [1.82, 2.24) is 10.2 Å². The third-order valence-corrected chi connectivity index (χ3v) is 2.06. The molecular weight excluding hydrogens is 184 g/mol. The van der Waals surface area contributed by atoms with Gasteiger partial charge < -0.3 is 9.53 Å². The molecule has 1 unspecified atom stereocenters. The van der Waals surface area contributed by atoms with E-state index in [0.29, 0.717) is 6.54 Å². The van der Waals surface area contributed by atoms with Gasteiger partial charge in [0.25, 0.3) is 0 Å². The highest BCUT2D eigenvalue weighted by atomic mass is 16.5. The van der Waals surface area contributed by atoms with Gasteiger partial charge in [0.15, 0.2) is 6.29 Å². The van der Waals surface area contributed by atoms with Gasteiger partial charge in [-0.3, -0.25) is 10.2 Å². The fourth-order valence-corrected chi connectivity index (χ4v) is 1.33. The van der Waals surface area contributed by atoms with Crippen LogP contribution >= 0.6 is 0 Å². The molecule has 78 valence electrons. The molecule has 1 saturated heterocycles. The van der Waals surface area contributed by atoms with Gasteiger partial charge in [-0.25, -0.2) is 4.79 Å². The maximum Gasteiger partial charge on any atom is 0.330 e. The lowest BCUT2D eigenvalue weighted by molar-refractivity contribution is -0.138. The summed E-state index contributed by atoms with van der Waals surface area (Å²) in [6.45, 7) is 5.73. The molecule has 0 spiro atoms. The summed E-state index contributed by atoms with van der Waals surface area (Å²) >= 11 is 0. The normalized spacial score (nSPS) is 21.9. The standard InChI is InChI=1S/C9H14N2O3/c1-2-9(13)14-6-5-11-4-3-10-8(11)7-12/h2,7-8,10H,1,3-6H2. The highest BCUT2D eigenvalue weighted by molar-refractivity contribution is 5.81. The summed E-state index contributed by atoms with van der Waals surface area (Å²) in [4.78, 5) is 23.2. The molecule has 1 heterocycles. The zero-order valence-electron chi connectivity index (χ0n) is 7.94. The van der Waals surface area contributed by atoms with Crippen molar-refractivity contribution in [3.8, 4) is 0 Å². The molecule has 0 radical (unpaired) electrons. The molecule has 1 fully saturated rings. The average molecular weight is 198 g/mol. The first-order chi connectivity index (χ1) is 6.77. The third kappa shape index (κ3) is 2.93. The maximum absolute atomic E-state index is 10.7.